The molecule has 3 unspecified atom stereocenters. The monoisotopic (exact) mass is 463 g/mol. The number of hydrogen-bond acceptors (Lipinski definition) is 4. The lowest BCUT2D eigenvalue weighted by atomic mass is 9.57. The largest absolute Gasteiger partial charge is 0.467 e. The van der Waals surface area contributed by atoms with E-state index in [1.54, 1.807) is 6.26 Å². The van der Waals surface area contributed by atoms with Gasteiger partial charge in [-0.05, 0) is 25.0 Å². The molecule has 0 amide bonds. The molecule has 7 heteroatoms. The van der Waals surface area contributed by atoms with Crippen LogP contribution in [0.4, 0.5) is 0 Å². The van der Waals surface area contributed by atoms with Gasteiger partial charge in [-0.1, -0.05) is 13.8 Å². The fourth-order valence-corrected chi connectivity index (χ4v) is 3.91. The maximum Gasteiger partial charge on any atom is 0.191 e. The molecule has 2 aliphatic rings. The van der Waals surface area contributed by atoms with Crippen LogP contribution in [0.3, 0.4) is 0 Å². The van der Waals surface area contributed by atoms with Gasteiger partial charge in [-0.2, -0.15) is 0 Å². The number of fused-ring (bicyclic) bond motifs is 1. The average molecular weight is 463 g/mol. The molecule has 0 bridgehead atoms. The first-order valence-corrected chi connectivity index (χ1v) is 8.82. The highest BCUT2D eigenvalue weighted by Crippen LogP contribution is 2.52. The molecule has 0 aromatic carbocycles. The minimum Gasteiger partial charge on any atom is -0.467 e. The van der Waals surface area contributed by atoms with Crippen molar-refractivity contribution in [2.24, 2.45) is 16.3 Å². The quantitative estimate of drug-likeness (QED) is 0.282. The highest BCUT2D eigenvalue weighted by atomic mass is 127. The lowest BCUT2D eigenvalue weighted by Gasteiger charge is -2.54. The predicted octanol–water partition coefficient (Wildman–Crippen LogP) is 2.78. The summed E-state index contributed by atoms with van der Waals surface area (Å²) in [5.74, 6) is 2.33. The van der Waals surface area contributed by atoms with Crippen LogP contribution in [0.25, 0.3) is 0 Å². The highest BCUT2D eigenvalue weighted by Gasteiger charge is 2.59. The van der Waals surface area contributed by atoms with Gasteiger partial charge in [0.05, 0.1) is 12.4 Å². The van der Waals surface area contributed by atoms with E-state index in [0.29, 0.717) is 31.3 Å². The summed E-state index contributed by atoms with van der Waals surface area (Å²) in [6, 6.07) is 4.22. The van der Waals surface area contributed by atoms with Crippen LogP contribution in [0.1, 0.15) is 32.4 Å². The summed E-state index contributed by atoms with van der Waals surface area (Å²) >= 11 is 0. The van der Waals surface area contributed by atoms with Gasteiger partial charge in [0.25, 0.3) is 0 Å². The first kappa shape index (κ1) is 20.5. The standard InChI is InChI=1S/C18H29N3O3.HI/c1-18(2)15(14-7-11-24-16(14)18)21-17(19-3)20-8-5-9-22-12-13-6-4-10-23-13;/h4,6,10,14-16H,5,7-9,11-12H2,1-3H3,(H2,19,20,21);1H. The first-order chi connectivity index (χ1) is 11.6. The van der Waals surface area contributed by atoms with Gasteiger partial charge < -0.3 is 24.5 Å². The molecule has 1 aromatic rings. The zero-order valence-electron chi connectivity index (χ0n) is 15.3. The van der Waals surface area contributed by atoms with Crippen LogP contribution in [0, 0.1) is 11.3 Å². The Kier molecular flexibility index (Phi) is 7.57. The Labute approximate surface area is 167 Å². The average Bonchev–Trinajstić information content (AvgIpc) is 3.23. The van der Waals surface area contributed by atoms with Gasteiger partial charge in [0, 0.05) is 44.2 Å². The fourth-order valence-electron chi connectivity index (χ4n) is 3.91. The van der Waals surface area contributed by atoms with Crippen molar-refractivity contribution in [3.05, 3.63) is 24.2 Å². The maximum atomic E-state index is 5.84. The molecule has 142 valence electrons. The molecule has 1 saturated heterocycles. The van der Waals surface area contributed by atoms with Crippen LogP contribution < -0.4 is 10.6 Å². The van der Waals surface area contributed by atoms with Gasteiger partial charge in [0.2, 0.25) is 0 Å². The number of nitrogens with one attached hydrogen (secondary N) is 2. The molecule has 2 fully saturated rings. The van der Waals surface area contributed by atoms with E-state index in [9.17, 15) is 0 Å². The zero-order valence-corrected chi connectivity index (χ0v) is 17.6. The third-order valence-electron chi connectivity index (χ3n) is 5.20. The zero-order chi connectivity index (χ0) is 17.0. The van der Waals surface area contributed by atoms with Crippen molar-refractivity contribution in [2.45, 2.75) is 45.4 Å². The number of furan rings is 1. The molecule has 3 rings (SSSR count). The van der Waals surface area contributed by atoms with E-state index in [2.05, 4.69) is 29.5 Å². The van der Waals surface area contributed by atoms with E-state index in [-0.39, 0.29) is 29.4 Å². The second kappa shape index (κ2) is 9.23. The molecule has 0 radical (unpaired) electrons. The Bertz CT molecular complexity index is 548. The Morgan fingerprint density at radius 2 is 2.28 bits per heavy atom. The fraction of sp³-hybridized carbons (Fsp3) is 0.722. The number of hydrogen-bond donors (Lipinski definition) is 2. The van der Waals surface area contributed by atoms with Crippen molar-refractivity contribution in [1.82, 2.24) is 10.6 Å². The van der Waals surface area contributed by atoms with Gasteiger partial charge >= 0.3 is 0 Å². The number of aliphatic imine (C=N–C) groups is 1. The minimum atomic E-state index is 0. The van der Waals surface area contributed by atoms with E-state index in [0.717, 1.165) is 37.7 Å². The molecule has 2 N–H and O–H groups in total. The SMILES string of the molecule is CN=C(NCCCOCc1ccco1)NC1C2CCOC2C1(C)C.I. The lowest BCUT2D eigenvalue weighted by molar-refractivity contribution is -0.106. The van der Waals surface area contributed by atoms with Gasteiger partial charge in [-0.25, -0.2) is 0 Å². The third-order valence-corrected chi connectivity index (χ3v) is 5.20. The Morgan fingerprint density at radius 3 is 3.00 bits per heavy atom. The molecule has 1 saturated carbocycles. The smallest absolute Gasteiger partial charge is 0.191 e. The minimum absolute atomic E-state index is 0. The second-order valence-corrected chi connectivity index (χ2v) is 7.17. The summed E-state index contributed by atoms with van der Waals surface area (Å²) in [6.07, 6.45) is 4.12. The molecular formula is C18H30IN3O3. The number of nitrogens with zero attached hydrogens (tertiary/aromatic N) is 1. The molecule has 2 heterocycles. The van der Waals surface area contributed by atoms with Gasteiger partial charge in [0.1, 0.15) is 12.4 Å². The molecule has 6 nitrogen and oxygen atoms in total. The van der Waals surface area contributed by atoms with E-state index in [4.69, 9.17) is 13.9 Å². The van der Waals surface area contributed by atoms with Crippen molar-refractivity contribution in [2.75, 3.05) is 26.8 Å². The van der Waals surface area contributed by atoms with Crippen molar-refractivity contribution in [3.8, 4) is 0 Å². The highest BCUT2D eigenvalue weighted by molar-refractivity contribution is 14.0. The number of rotatable bonds is 7. The molecular weight excluding hydrogens is 433 g/mol. The molecule has 1 aliphatic carbocycles. The van der Waals surface area contributed by atoms with Crippen LogP contribution in [-0.4, -0.2) is 44.9 Å². The molecule has 25 heavy (non-hydrogen) atoms. The summed E-state index contributed by atoms with van der Waals surface area (Å²) in [4.78, 5) is 4.35. The Balaban J connectivity index is 0.00000225. The van der Waals surface area contributed by atoms with E-state index in [1.807, 2.05) is 19.2 Å². The van der Waals surface area contributed by atoms with Gasteiger partial charge in [0.15, 0.2) is 5.96 Å². The van der Waals surface area contributed by atoms with Gasteiger partial charge in [-0.3, -0.25) is 4.99 Å². The predicted molar refractivity (Wildman–Crippen MR) is 108 cm³/mol. The number of ether oxygens (including phenoxy) is 2. The summed E-state index contributed by atoms with van der Waals surface area (Å²) < 4.78 is 16.7. The van der Waals surface area contributed by atoms with Crippen LogP contribution in [-0.2, 0) is 16.1 Å². The lowest BCUT2D eigenvalue weighted by Crippen LogP contribution is -2.68. The summed E-state index contributed by atoms with van der Waals surface area (Å²) in [6.45, 7) is 7.48. The Hall–Kier alpha value is -0.800. The number of guanidine groups is 1. The summed E-state index contributed by atoms with van der Waals surface area (Å²) in [5, 5.41) is 6.96. The molecule has 1 aliphatic heterocycles. The summed E-state index contributed by atoms with van der Waals surface area (Å²) in [5.41, 5.74) is 0.158. The third kappa shape index (κ3) is 4.68. The van der Waals surface area contributed by atoms with Crippen molar-refractivity contribution in [1.29, 1.82) is 0 Å². The van der Waals surface area contributed by atoms with Crippen molar-refractivity contribution < 1.29 is 13.9 Å². The second-order valence-electron chi connectivity index (χ2n) is 7.17. The molecule has 3 atom stereocenters. The normalized spacial score (nSPS) is 27.2. The Morgan fingerprint density at radius 1 is 1.44 bits per heavy atom. The van der Waals surface area contributed by atoms with E-state index >= 15 is 0 Å². The van der Waals surface area contributed by atoms with Crippen LogP contribution in [0.2, 0.25) is 0 Å². The van der Waals surface area contributed by atoms with Crippen LogP contribution in [0.5, 0.6) is 0 Å². The topological polar surface area (TPSA) is 68.0 Å². The van der Waals surface area contributed by atoms with Gasteiger partial charge in [-0.15, -0.1) is 24.0 Å². The molecule has 1 aromatic heterocycles. The van der Waals surface area contributed by atoms with E-state index < -0.39 is 0 Å². The van der Waals surface area contributed by atoms with Crippen molar-refractivity contribution in [3.63, 3.8) is 0 Å². The van der Waals surface area contributed by atoms with Crippen LogP contribution in [0.15, 0.2) is 27.8 Å². The van der Waals surface area contributed by atoms with Crippen molar-refractivity contribution >= 4 is 29.9 Å². The van der Waals surface area contributed by atoms with Crippen LogP contribution >= 0.6 is 24.0 Å². The van der Waals surface area contributed by atoms with E-state index in [1.165, 1.54) is 0 Å². The molecule has 0 spiro atoms. The first-order valence-electron chi connectivity index (χ1n) is 8.82. The number of halogens is 1. The maximum absolute atomic E-state index is 5.84. The summed E-state index contributed by atoms with van der Waals surface area (Å²) in [7, 11) is 1.82.